The van der Waals surface area contributed by atoms with Crippen molar-refractivity contribution in [2.45, 2.75) is 110 Å². The number of aromatic nitrogens is 1. The van der Waals surface area contributed by atoms with E-state index in [2.05, 4.69) is 20.0 Å². The first-order valence-electron chi connectivity index (χ1n) is 15.6. The Morgan fingerprint density at radius 1 is 1.20 bits per heavy atom. The molecule has 2 fully saturated rings. The van der Waals surface area contributed by atoms with Crippen molar-refractivity contribution in [3.63, 3.8) is 0 Å². The summed E-state index contributed by atoms with van der Waals surface area (Å²) in [4.78, 5) is 44.3. The maximum absolute atomic E-state index is 13.9. The highest BCUT2D eigenvalue weighted by Crippen LogP contribution is 2.37. The van der Waals surface area contributed by atoms with Crippen LogP contribution in [-0.2, 0) is 24.4 Å². The van der Waals surface area contributed by atoms with Gasteiger partial charge in [0.2, 0.25) is 17.6 Å². The van der Waals surface area contributed by atoms with Gasteiger partial charge in [-0.25, -0.2) is 13.4 Å². The lowest BCUT2D eigenvalue weighted by molar-refractivity contribution is -0.141. The van der Waals surface area contributed by atoms with Gasteiger partial charge in [-0.3, -0.25) is 19.3 Å². The minimum absolute atomic E-state index is 0.0502. The maximum Gasteiger partial charge on any atom is 0.287 e. The van der Waals surface area contributed by atoms with Crippen LogP contribution in [0.3, 0.4) is 0 Å². The summed E-state index contributed by atoms with van der Waals surface area (Å²) in [6.45, 7) is 11.4. The highest BCUT2D eigenvalue weighted by molar-refractivity contribution is 7.89. The van der Waals surface area contributed by atoms with Crippen molar-refractivity contribution in [1.29, 1.82) is 0 Å². The van der Waals surface area contributed by atoms with Gasteiger partial charge in [-0.1, -0.05) is 51.6 Å². The zero-order valence-electron chi connectivity index (χ0n) is 27.7. The van der Waals surface area contributed by atoms with Gasteiger partial charge >= 0.3 is 0 Å². The van der Waals surface area contributed by atoms with Crippen LogP contribution in [0, 0.1) is 17.3 Å². The van der Waals surface area contributed by atoms with Crippen molar-refractivity contribution < 1.29 is 32.6 Å². The van der Waals surface area contributed by atoms with Gasteiger partial charge in [0.15, 0.2) is 0 Å². The smallest absolute Gasteiger partial charge is 0.287 e. The number of aliphatic hydroxyl groups excluding tert-OH is 1. The molecule has 2 heterocycles. The van der Waals surface area contributed by atoms with Crippen LogP contribution in [0.15, 0.2) is 22.7 Å². The molecule has 1 aromatic heterocycles. The molecular formula is C31H49ClN6O7S. The van der Waals surface area contributed by atoms with Crippen molar-refractivity contribution >= 4 is 45.1 Å². The molecule has 13 nitrogen and oxygen atoms in total. The van der Waals surface area contributed by atoms with Crippen LogP contribution in [-0.4, -0.2) is 89.6 Å². The summed E-state index contributed by atoms with van der Waals surface area (Å²) in [6.07, 6.45) is 3.85. The minimum atomic E-state index is -3.78. The number of rotatable bonds is 13. The van der Waals surface area contributed by atoms with Crippen LogP contribution in [0.25, 0.3) is 0 Å². The van der Waals surface area contributed by atoms with Crippen LogP contribution in [0.1, 0.15) is 80.1 Å². The number of nitrogens with one attached hydrogen (secondary N) is 2. The summed E-state index contributed by atoms with van der Waals surface area (Å²) in [5.41, 5.74) is 4.21. The lowest BCUT2D eigenvalue weighted by Crippen LogP contribution is -2.56. The van der Waals surface area contributed by atoms with E-state index in [1.54, 1.807) is 17.0 Å². The third-order valence-corrected chi connectivity index (χ3v) is 9.06. The third kappa shape index (κ3) is 11.2. The fraction of sp³-hybridized carbons (Fsp3) is 0.710. The van der Waals surface area contributed by atoms with Crippen molar-refractivity contribution in [2.75, 3.05) is 12.8 Å². The van der Waals surface area contributed by atoms with Gasteiger partial charge in [-0.2, -0.15) is 4.40 Å². The second-order valence-electron chi connectivity index (χ2n) is 14.6. The molecule has 46 heavy (non-hydrogen) atoms. The standard InChI is InChI=1S/C31H49ClN6O7S/c1-30(2,3)21(15-24(36-31(4,5)6)37-46(7,43)44)29(42)38-17-20(45-25-12-11-19(32)16-34-25)14-23(38)28(41)35-22(26(39)27(33)40)13-18-9-8-10-18/h11-12,16,18,20-23,29,42H,8-10,13-15,17H2,1-7H3,(H2,33,40)(H,35,41)(H,36,37)/t20-,21+,22?,23-,29-/m0/s1. The summed E-state index contributed by atoms with van der Waals surface area (Å²) < 4.78 is 34.5. The summed E-state index contributed by atoms with van der Waals surface area (Å²) in [5.74, 6) is -2.52. The molecule has 1 aliphatic carbocycles. The van der Waals surface area contributed by atoms with Crippen molar-refractivity contribution in [3.8, 4) is 5.88 Å². The second-order valence-corrected chi connectivity index (χ2v) is 16.6. The molecule has 0 radical (unpaired) electrons. The molecule has 1 aromatic rings. The van der Waals surface area contributed by atoms with Crippen LogP contribution in [0.2, 0.25) is 5.02 Å². The number of sulfonamides is 1. The van der Waals surface area contributed by atoms with Gasteiger partial charge < -0.3 is 26.2 Å². The first-order chi connectivity index (χ1) is 21.1. The Hall–Kier alpha value is -2.81. The number of hydrogen-bond donors (Lipinski definition) is 4. The molecule has 1 aliphatic heterocycles. The predicted molar refractivity (Wildman–Crippen MR) is 176 cm³/mol. The first-order valence-corrected chi connectivity index (χ1v) is 17.8. The third-order valence-electron chi connectivity index (χ3n) is 8.28. The van der Waals surface area contributed by atoms with Crippen molar-refractivity contribution in [2.24, 2.45) is 27.4 Å². The number of Topliss-reactive ketones (excluding diaryl/α,β-unsaturated/α-hetero) is 1. The molecule has 5 N–H and O–H groups in total. The van der Waals surface area contributed by atoms with E-state index in [-0.39, 0.29) is 37.0 Å². The number of ether oxygens (including phenoxy) is 1. The van der Waals surface area contributed by atoms with E-state index in [4.69, 9.17) is 22.1 Å². The Bertz CT molecular complexity index is 1390. The molecule has 2 aliphatic rings. The number of primary amides is 1. The number of ketones is 1. The lowest BCUT2D eigenvalue weighted by atomic mass is 9.76. The van der Waals surface area contributed by atoms with Crippen molar-refractivity contribution in [3.05, 3.63) is 23.4 Å². The number of nitrogens with two attached hydrogens (primary N) is 1. The molecule has 2 amide bonds. The Morgan fingerprint density at radius 3 is 2.33 bits per heavy atom. The Kier molecular flexibility index (Phi) is 12.2. The number of halogens is 1. The Labute approximate surface area is 277 Å². The summed E-state index contributed by atoms with van der Waals surface area (Å²) in [6, 6.07) is 1.17. The molecule has 0 bridgehead atoms. The second kappa shape index (κ2) is 15.0. The maximum atomic E-state index is 13.9. The molecule has 0 aromatic carbocycles. The van der Waals surface area contributed by atoms with E-state index in [9.17, 15) is 27.9 Å². The molecule has 1 saturated carbocycles. The molecule has 0 spiro atoms. The quantitative estimate of drug-likeness (QED) is 0.136. The number of pyridine rings is 1. The average molecular weight is 685 g/mol. The van der Waals surface area contributed by atoms with Gasteiger partial charge in [0, 0.05) is 43.1 Å². The van der Waals surface area contributed by atoms with Crippen LogP contribution >= 0.6 is 11.6 Å². The van der Waals surface area contributed by atoms with E-state index in [0.29, 0.717) is 11.4 Å². The number of likely N-dealkylation sites (tertiary alicyclic amines) is 1. The zero-order chi connectivity index (χ0) is 34.6. The minimum Gasteiger partial charge on any atom is -0.473 e. The number of carbonyl (C=O) groups excluding carboxylic acids is 3. The average Bonchev–Trinajstić information content (AvgIpc) is 3.30. The van der Waals surface area contributed by atoms with Crippen molar-refractivity contribution in [1.82, 2.24) is 20.5 Å². The highest BCUT2D eigenvalue weighted by atomic mass is 35.5. The first kappa shape index (κ1) is 37.6. The Morgan fingerprint density at radius 2 is 1.85 bits per heavy atom. The molecule has 258 valence electrons. The Balaban J connectivity index is 1.96. The topological polar surface area (TPSA) is 193 Å². The van der Waals surface area contributed by atoms with E-state index >= 15 is 0 Å². The fourth-order valence-corrected chi connectivity index (χ4v) is 6.47. The fourth-order valence-electron chi connectivity index (χ4n) is 5.83. The molecular weight excluding hydrogens is 636 g/mol. The number of carbonyl (C=O) groups is 3. The van der Waals surface area contributed by atoms with E-state index in [1.165, 1.54) is 6.20 Å². The lowest BCUT2D eigenvalue weighted by Gasteiger charge is -2.41. The summed E-state index contributed by atoms with van der Waals surface area (Å²) >= 11 is 5.98. The SMILES string of the molecule is CC(C)(C)N/C(C[C@H]([C@H](O)N1C[C@@H](Oc2ccc(Cl)cn2)C[C@H]1C(=O)NC(CC1CCC1)C(=O)C(N)=O)C(C)(C)C)=N\S(C)(=O)=O. The van der Waals surface area contributed by atoms with Gasteiger partial charge in [0.1, 0.15) is 18.2 Å². The molecule has 5 atom stereocenters. The number of amides is 2. The number of hydrogen-bond acceptors (Lipinski definition) is 9. The van der Waals surface area contributed by atoms with Gasteiger partial charge in [-0.15, -0.1) is 0 Å². The predicted octanol–water partition coefficient (Wildman–Crippen LogP) is 2.40. The molecule has 15 heteroatoms. The van der Waals surface area contributed by atoms with Gasteiger partial charge in [0.05, 0.1) is 23.4 Å². The number of nitrogens with zero attached hydrogens (tertiary/aromatic N) is 3. The number of aliphatic hydroxyl groups is 1. The summed E-state index contributed by atoms with van der Waals surface area (Å²) in [5, 5.41) is 18.4. The van der Waals surface area contributed by atoms with Gasteiger partial charge in [0.25, 0.3) is 15.9 Å². The van der Waals surface area contributed by atoms with Crippen LogP contribution < -0.4 is 21.1 Å². The van der Waals surface area contributed by atoms with Crippen LogP contribution in [0.5, 0.6) is 5.88 Å². The van der Waals surface area contributed by atoms with Gasteiger partial charge in [-0.05, 0) is 44.6 Å². The molecule has 1 saturated heterocycles. The monoisotopic (exact) mass is 684 g/mol. The molecule has 3 rings (SSSR count). The van der Waals surface area contributed by atoms with Crippen LogP contribution in [0.4, 0.5) is 0 Å². The van der Waals surface area contributed by atoms with E-state index in [0.717, 1.165) is 25.5 Å². The number of amidine groups is 1. The molecule has 1 unspecified atom stereocenters. The highest BCUT2D eigenvalue weighted by Gasteiger charge is 2.47. The largest absolute Gasteiger partial charge is 0.473 e. The normalized spacial score (nSPS) is 22.0. The van der Waals surface area contributed by atoms with E-state index < -0.39 is 68.9 Å². The zero-order valence-corrected chi connectivity index (χ0v) is 29.3. The van der Waals surface area contributed by atoms with E-state index in [1.807, 2.05) is 41.5 Å². The summed E-state index contributed by atoms with van der Waals surface area (Å²) in [7, 11) is -3.78.